The fourth-order valence-electron chi connectivity index (χ4n) is 1.66. The summed E-state index contributed by atoms with van der Waals surface area (Å²) >= 11 is 0. The summed E-state index contributed by atoms with van der Waals surface area (Å²) in [5.41, 5.74) is 2.83. The molecule has 0 spiro atoms. The van der Waals surface area contributed by atoms with Crippen LogP contribution in [-0.4, -0.2) is 12.9 Å². The number of rotatable bonds is 3. The van der Waals surface area contributed by atoms with E-state index in [2.05, 4.69) is 0 Å². The van der Waals surface area contributed by atoms with Crippen molar-refractivity contribution in [2.45, 2.75) is 27.2 Å². The third-order valence-electron chi connectivity index (χ3n) is 2.34. The summed E-state index contributed by atoms with van der Waals surface area (Å²) in [6.45, 7) is 5.77. The third kappa shape index (κ3) is 1.95. The molecule has 0 amide bonds. The average molecular weight is 192 g/mol. The van der Waals surface area contributed by atoms with Gasteiger partial charge in [-0.15, -0.1) is 0 Å². The maximum absolute atomic E-state index is 11.6. The Morgan fingerprint density at radius 2 is 1.79 bits per heavy atom. The summed E-state index contributed by atoms with van der Waals surface area (Å²) < 4.78 is 5.13. The molecule has 0 N–H and O–H groups in total. The first-order valence-electron chi connectivity index (χ1n) is 4.78. The molecular weight excluding hydrogens is 176 g/mol. The molecule has 0 saturated carbocycles. The number of ketones is 1. The molecule has 14 heavy (non-hydrogen) atoms. The number of carbonyl (C=O) groups excluding carboxylic acids is 1. The summed E-state index contributed by atoms with van der Waals surface area (Å²) in [7, 11) is 1.63. The minimum Gasteiger partial charge on any atom is -0.497 e. The summed E-state index contributed by atoms with van der Waals surface area (Å²) in [6.07, 6.45) is 0.550. The van der Waals surface area contributed by atoms with Gasteiger partial charge >= 0.3 is 0 Å². The molecule has 0 aliphatic rings. The van der Waals surface area contributed by atoms with E-state index in [1.54, 1.807) is 7.11 Å². The van der Waals surface area contributed by atoms with Gasteiger partial charge in [0.1, 0.15) is 5.75 Å². The van der Waals surface area contributed by atoms with Crippen LogP contribution in [0.15, 0.2) is 12.1 Å². The predicted octanol–water partition coefficient (Wildman–Crippen LogP) is 2.90. The molecule has 0 saturated heterocycles. The Hall–Kier alpha value is -1.31. The predicted molar refractivity (Wildman–Crippen MR) is 57.1 cm³/mol. The molecule has 76 valence electrons. The van der Waals surface area contributed by atoms with E-state index in [0.717, 1.165) is 22.4 Å². The maximum Gasteiger partial charge on any atom is 0.163 e. The van der Waals surface area contributed by atoms with Gasteiger partial charge in [0.15, 0.2) is 5.78 Å². The maximum atomic E-state index is 11.6. The van der Waals surface area contributed by atoms with Gasteiger partial charge in [0.2, 0.25) is 0 Å². The van der Waals surface area contributed by atoms with Crippen LogP contribution >= 0.6 is 0 Å². The highest BCUT2D eigenvalue weighted by molar-refractivity contribution is 5.98. The lowest BCUT2D eigenvalue weighted by atomic mass is 9.97. The molecule has 0 aliphatic carbocycles. The van der Waals surface area contributed by atoms with Gasteiger partial charge in [-0.25, -0.2) is 0 Å². The van der Waals surface area contributed by atoms with Crippen LogP contribution in [0.3, 0.4) is 0 Å². The number of benzene rings is 1. The van der Waals surface area contributed by atoms with E-state index in [1.807, 2.05) is 32.9 Å². The number of aryl methyl sites for hydroxylation is 2. The van der Waals surface area contributed by atoms with E-state index in [1.165, 1.54) is 0 Å². The van der Waals surface area contributed by atoms with Crippen LogP contribution in [0.2, 0.25) is 0 Å². The van der Waals surface area contributed by atoms with Crippen molar-refractivity contribution in [3.63, 3.8) is 0 Å². The van der Waals surface area contributed by atoms with Crippen LogP contribution in [0.4, 0.5) is 0 Å². The Labute approximate surface area is 84.9 Å². The molecule has 0 aromatic heterocycles. The third-order valence-corrected chi connectivity index (χ3v) is 2.34. The minimum atomic E-state index is 0.197. The van der Waals surface area contributed by atoms with Crippen LogP contribution < -0.4 is 4.74 Å². The topological polar surface area (TPSA) is 26.3 Å². The first-order chi connectivity index (χ1) is 6.60. The molecule has 2 nitrogen and oxygen atoms in total. The molecule has 0 heterocycles. The van der Waals surface area contributed by atoms with Gasteiger partial charge < -0.3 is 4.74 Å². The molecular formula is C12H16O2. The Morgan fingerprint density at radius 1 is 1.29 bits per heavy atom. The van der Waals surface area contributed by atoms with E-state index in [9.17, 15) is 4.79 Å². The lowest BCUT2D eigenvalue weighted by Gasteiger charge is -2.10. The van der Waals surface area contributed by atoms with Gasteiger partial charge in [0.05, 0.1) is 7.11 Å². The second-order valence-corrected chi connectivity index (χ2v) is 3.41. The fourth-order valence-corrected chi connectivity index (χ4v) is 1.66. The summed E-state index contributed by atoms with van der Waals surface area (Å²) in [5.74, 6) is 1.01. The van der Waals surface area contributed by atoms with Gasteiger partial charge in [-0.1, -0.05) is 6.92 Å². The molecule has 2 heteroatoms. The Kier molecular flexibility index (Phi) is 3.28. The highest BCUT2D eigenvalue weighted by Crippen LogP contribution is 2.22. The number of hydrogen-bond acceptors (Lipinski definition) is 2. The van der Waals surface area contributed by atoms with E-state index in [-0.39, 0.29) is 5.78 Å². The van der Waals surface area contributed by atoms with E-state index < -0.39 is 0 Å². The van der Waals surface area contributed by atoms with Crippen LogP contribution in [0.25, 0.3) is 0 Å². The van der Waals surface area contributed by atoms with Crippen LogP contribution in [0, 0.1) is 13.8 Å². The van der Waals surface area contributed by atoms with Crippen molar-refractivity contribution in [1.29, 1.82) is 0 Å². The van der Waals surface area contributed by atoms with Gasteiger partial charge in [-0.2, -0.15) is 0 Å². The van der Waals surface area contributed by atoms with Gasteiger partial charge in [0, 0.05) is 12.0 Å². The largest absolute Gasteiger partial charge is 0.497 e. The van der Waals surface area contributed by atoms with E-state index >= 15 is 0 Å². The first kappa shape index (κ1) is 10.8. The van der Waals surface area contributed by atoms with Gasteiger partial charge in [-0.05, 0) is 37.1 Å². The molecule has 0 fully saturated rings. The van der Waals surface area contributed by atoms with Crippen molar-refractivity contribution in [3.8, 4) is 5.75 Å². The molecule has 1 aromatic rings. The number of carbonyl (C=O) groups is 1. The SMILES string of the molecule is CCC(=O)c1c(C)cc(OC)cc1C. The highest BCUT2D eigenvalue weighted by Gasteiger charge is 2.11. The number of Topliss-reactive ketones (excluding diaryl/α,β-unsaturated/α-hetero) is 1. The van der Waals surface area contributed by atoms with Crippen LogP contribution in [0.5, 0.6) is 5.75 Å². The second kappa shape index (κ2) is 4.27. The van der Waals surface area contributed by atoms with Crippen molar-refractivity contribution >= 4 is 5.78 Å². The average Bonchev–Trinajstić information content (AvgIpc) is 2.16. The standard InChI is InChI=1S/C12H16O2/c1-5-11(13)12-8(2)6-10(14-4)7-9(12)3/h6-7H,5H2,1-4H3. The highest BCUT2D eigenvalue weighted by atomic mass is 16.5. The number of methoxy groups -OCH3 is 1. The van der Waals surface area contributed by atoms with Crippen LogP contribution in [-0.2, 0) is 0 Å². The normalized spacial score (nSPS) is 10.0. The second-order valence-electron chi connectivity index (χ2n) is 3.41. The quantitative estimate of drug-likeness (QED) is 0.688. The zero-order chi connectivity index (χ0) is 10.7. The lowest BCUT2D eigenvalue weighted by Crippen LogP contribution is -2.03. The van der Waals surface area contributed by atoms with E-state index in [4.69, 9.17) is 4.74 Å². The lowest BCUT2D eigenvalue weighted by molar-refractivity contribution is 0.0987. The Morgan fingerprint density at radius 3 is 2.14 bits per heavy atom. The summed E-state index contributed by atoms with van der Waals surface area (Å²) in [6, 6.07) is 3.80. The molecule has 1 rings (SSSR count). The zero-order valence-corrected chi connectivity index (χ0v) is 9.18. The van der Waals surface area contributed by atoms with Crippen molar-refractivity contribution in [3.05, 3.63) is 28.8 Å². The van der Waals surface area contributed by atoms with Crippen molar-refractivity contribution in [1.82, 2.24) is 0 Å². The van der Waals surface area contributed by atoms with E-state index in [0.29, 0.717) is 6.42 Å². The number of hydrogen-bond donors (Lipinski definition) is 0. The molecule has 0 unspecified atom stereocenters. The van der Waals surface area contributed by atoms with Crippen LogP contribution in [0.1, 0.15) is 34.8 Å². The zero-order valence-electron chi connectivity index (χ0n) is 9.18. The molecule has 0 radical (unpaired) electrons. The smallest absolute Gasteiger partial charge is 0.163 e. The van der Waals surface area contributed by atoms with Crippen molar-refractivity contribution < 1.29 is 9.53 Å². The summed E-state index contributed by atoms with van der Waals surface area (Å²) in [5, 5.41) is 0. The molecule has 1 aromatic carbocycles. The summed E-state index contributed by atoms with van der Waals surface area (Å²) in [4.78, 5) is 11.6. The van der Waals surface area contributed by atoms with Gasteiger partial charge in [-0.3, -0.25) is 4.79 Å². The minimum absolute atomic E-state index is 0.197. The fraction of sp³-hybridized carbons (Fsp3) is 0.417. The first-order valence-corrected chi connectivity index (χ1v) is 4.78. The number of ether oxygens (including phenoxy) is 1. The molecule has 0 bridgehead atoms. The Bertz CT molecular complexity index is 330. The van der Waals surface area contributed by atoms with Crippen molar-refractivity contribution in [2.75, 3.05) is 7.11 Å². The molecule has 0 atom stereocenters. The van der Waals surface area contributed by atoms with Gasteiger partial charge in [0.25, 0.3) is 0 Å². The molecule has 0 aliphatic heterocycles. The monoisotopic (exact) mass is 192 g/mol. The Balaban J connectivity index is 3.25. The van der Waals surface area contributed by atoms with Crippen molar-refractivity contribution in [2.24, 2.45) is 0 Å².